The molecule has 3 rings (SSSR count). The first kappa shape index (κ1) is 21.8. The van der Waals surface area contributed by atoms with Crippen molar-refractivity contribution in [1.82, 2.24) is 9.62 Å². The van der Waals surface area contributed by atoms with Gasteiger partial charge in [-0.05, 0) is 56.5 Å². The zero-order valence-electron chi connectivity index (χ0n) is 16.6. The molecule has 0 aliphatic carbocycles. The van der Waals surface area contributed by atoms with Gasteiger partial charge >= 0.3 is 0 Å². The van der Waals surface area contributed by atoms with E-state index in [1.807, 2.05) is 19.9 Å². The largest absolute Gasteiger partial charge is 0.324 e. The maximum atomic E-state index is 12.7. The van der Waals surface area contributed by atoms with Crippen molar-refractivity contribution in [3.05, 3.63) is 59.1 Å². The number of hydrogen-bond acceptors (Lipinski definition) is 4. The molecule has 0 bridgehead atoms. The fourth-order valence-corrected chi connectivity index (χ4v) is 4.94. The van der Waals surface area contributed by atoms with Crippen LogP contribution >= 0.6 is 11.6 Å². The molecule has 1 aliphatic heterocycles. The Hall–Kier alpha value is -1.93. The van der Waals surface area contributed by atoms with E-state index in [0.29, 0.717) is 36.6 Å². The van der Waals surface area contributed by atoms with Crippen molar-refractivity contribution < 1.29 is 13.2 Å². The molecule has 1 atom stereocenters. The minimum Gasteiger partial charge on any atom is -0.324 e. The number of amides is 1. The first-order valence-electron chi connectivity index (χ1n) is 9.65. The Balaban J connectivity index is 1.54. The summed E-state index contributed by atoms with van der Waals surface area (Å²) < 4.78 is 27.8. The minimum absolute atomic E-state index is 0.0984. The number of anilines is 1. The van der Waals surface area contributed by atoms with Crippen LogP contribution in [0.4, 0.5) is 5.69 Å². The number of hydrogen-bond donors (Lipinski definition) is 2. The van der Waals surface area contributed by atoms with Gasteiger partial charge in [-0.2, -0.15) is 0 Å². The molecule has 1 saturated heterocycles. The number of benzene rings is 2. The van der Waals surface area contributed by atoms with E-state index in [1.54, 1.807) is 42.5 Å². The van der Waals surface area contributed by atoms with E-state index in [-0.39, 0.29) is 22.9 Å². The molecule has 8 heteroatoms. The van der Waals surface area contributed by atoms with Crippen LogP contribution in [0.2, 0.25) is 5.02 Å². The van der Waals surface area contributed by atoms with Gasteiger partial charge in [-0.15, -0.1) is 0 Å². The summed E-state index contributed by atoms with van der Waals surface area (Å²) in [6.07, 6.45) is 1.31. The van der Waals surface area contributed by atoms with Crippen LogP contribution in [0.3, 0.4) is 0 Å². The Morgan fingerprint density at radius 3 is 2.41 bits per heavy atom. The fourth-order valence-electron chi connectivity index (χ4n) is 3.44. The lowest BCUT2D eigenvalue weighted by Gasteiger charge is -2.35. The Bertz CT molecular complexity index is 958. The zero-order chi connectivity index (χ0) is 21.0. The van der Waals surface area contributed by atoms with E-state index in [2.05, 4.69) is 14.9 Å². The maximum absolute atomic E-state index is 12.7. The molecular formula is C21H26ClN3O3S. The first-order chi connectivity index (χ1) is 13.8. The van der Waals surface area contributed by atoms with Crippen molar-refractivity contribution in [3.63, 3.8) is 0 Å². The second-order valence-corrected chi connectivity index (χ2v) is 9.44. The molecule has 1 amide bonds. The topological polar surface area (TPSA) is 78.5 Å². The van der Waals surface area contributed by atoms with Gasteiger partial charge in [0.2, 0.25) is 15.9 Å². The van der Waals surface area contributed by atoms with E-state index in [9.17, 15) is 13.2 Å². The number of halogens is 1. The Morgan fingerprint density at radius 2 is 1.76 bits per heavy atom. The van der Waals surface area contributed by atoms with Crippen molar-refractivity contribution in [2.45, 2.75) is 43.7 Å². The summed E-state index contributed by atoms with van der Waals surface area (Å²) in [5.41, 5.74) is 1.55. The van der Waals surface area contributed by atoms with E-state index >= 15 is 0 Å². The fraction of sp³-hybridized carbons (Fsp3) is 0.381. The van der Waals surface area contributed by atoms with Gasteiger partial charge in [0.05, 0.1) is 10.9 Å². The second kappa shape index (κ2) is 9.26. The predicted molar refractivity (Wildman–Crippen MR) is 116 cm³/mol. The van der Waals surface area contributed by atoms with Crippen molar-refractivity contribution in [3.8, 4) is 0 Å². The first-order valence-corrected chi connectivity index (χ1v) is 11.5. The van der Waals surface area contributed by atoms with Crippen LogP contribution < -0.4 is 10.0 Å². The summed E-state index contributed by atoms with van der Waals surface area (Å²) in [5, 5.41) is 3.56. The zero-order valence-corrected chi connectivity index (χ0v) is 18.1. The number of likely N-dealkylation sites (tertiary alicyclic amines) is 1. The molecule has 1 fully saturated rings. The number of piperidine rings is 1. The van der Waals surface area contributed by atoms with Crippen molar-refractivity contribution >= 4 is 33.2 Å². The van der Waals surface area contributed by atoms with Gasteiger partial charge in [-0.1, -0.05) is 35.9 Å². The highest BCUT2D eigenvalue weighted by Gasteiger charge is 2.29. The van der Waals surface area contributed by atoms with Crippen LogP contribution in [0.5, 0.6) is 0 Å². The summed E-state index contributed by atoms with van der Waals surface area (Å²) in [6.45, 7) is 5.02. The second-order valence-electron chi connectivity index (χ2n) is 7.32. The number of sulfonamides is 1. The molecule has 1 heterocycles. The van der Waals surface area contributed by atoms with Gasteiger partial charge in [-0.25, -0.2) is 13.1 Å². The lowest BCUT2D eigenvalue weighted by molar-refractivity contribution is -0.121. The van der Waals surface area contributed by atoms with Gasteiger partial charge in [0.25, 0.3) is 0 Å². The average molecular weight is 436 g/mol. The molecule has 0 aromatic heterocycles. The van der Waals surface area contributed by atoms with Crippen LogP contribution in [0.1, 0.15) is 25.3 Å². The number of nitrogens with one attached hydrogen (secondary N) is 2. The summed E-state index contributed by atoms with van der Waals surface area (Å²) in [6, 6.07) is 13.3. The van der Waals surface area contributed by atoms with Gasteiger partial charge < -0.3 is 5.32 Å². The third kappa shape index (κ3) is 5.36. The average Bonchev–Trinajstić information content (AvgIpc) is 2.72. The molecule has 0 radical (unpaired) electrons. The molecule has 0 spiro atoms. The normalized spacial score (nSPS) is 17.1. The van der Waals surface area contributed by atoms with Crippen LogP contribution in [-0.4, -0.2) is 44.4 Å². The summed E-state index contributed by atoms with van der Waals surface area (Å²) in [4.78, 5) is 15.0. The molecule has 6 nitrogen and oxygen atoms in total. The smallest absolute Gasteiger partial charge is 0.241 e. The Kier molecular flexibility index (Phi) is 6.95. The van der Waals surface area contributed by atoms with Crippen LogP contribution in [-0.2, 0) is 14.8 Å². The maximum Gasteiger partial charge on any atom is 0.241 e. The molecule has 2 N–H and O–H groups in total. The van der Waals surface area contributed by atoms with Crippen molar-refractivity contribution in [2.75, 3.05) is 18.4 Å². The summed E-state index contributed by atoms with van der Waals surface area (Å²) in [5.74, 6) is -0.0984. The van der Waals surface area contributed by atoms with Crippen LogP contribution in [0.25, 0.3) is 0 Å². The quantitative estimate of drug-likeness (QED) is 0.728. The van der Waals surface area contributed by atoms with Gasteiger partial charge in [0, 0.05) is 29.8 Å². The number of carbonyl (C=O) groups excluding carboxylic acids is 1. The highest BCUT2D eigenvalue weighted by atomic mass is 35.5. The molecule has 1 aliphatic rings. The van der Waals surface area contributed by atoms with Gasteiger partial charge in [-0.3, -0.25) is 9.69 Å². The van der Waals surface area contributed by atoms with Crippen molar-refractivity contribution in [1.29, 1.82) is 0 Å². The summed E-state index contributed by atoms with van der Waals surface area (Å²) >= 11 is 6.12. The summed E-state index contributed by atoms with van der Waals surface area (Å²) in [7, 11) is -3.52. The molecule has 29 heavy (non-hydrogen) atoms. The number of nitrogens with zero attached hydrogens (tertiary/aromatic N) is 1. The highest BCUT2D eigenvalue weighted by Crippen LogP contribution is 2.24. The minimum atomic E-state index is -3.52. The van der Waals surface area contributed by atoms with Crippen molar-refractivity contribution in [2.24, 2.45) is 0 Å². The standard InChI is InChI=1S/C21H26ClN3O3S/c1-15-19(22)9-6-10-20(15)23-21(26)16(2)25-13-11-17(12-14-25)24-29(27,28)18-7-4-3-5-8-18/h3-10,16-17,24H,11-14H2,1-2H3,(H,23,26). The van der Waals surface area contributed by atoms with E-state index in [0.717, 1.165) is 5.56 Å². The molecule has 156 valence electrons. The molecule has 0 saturated carbocycles. The molecule has 2 aromatic carbocycles. The highest BCUT2D eigenvalue weighted by molar-refractivity contribution is 7.89. The Labute approximate surface area is 177 Å². The lowest BCUT2D eigenvalue weighted by Crippen LogP contribution is -2.50. The number of carbonyl (C=O) groups is 1. The van der Waals surface area contributed by atoms with Crippen LogP contribution in [0.15, 0.2) is 53.4 Å². The predicted octanol–water partition coefficient (Wildman–Crippen LogP) is 3.42. The monoisotopic (exact) mass is 435 g/mol. The van der Waals surface area contributed by atoms with E-state index in [1.165, 1.54) is 0 Å². The SMILES string of the molecule is Cc1c(Cl)cccc1NC(=O)C(C)N1CCC(NS(=O)(=O)c2ccccc2)CC1. The third-order valence-corrected chi connectivity index (χ3v) is 7.30. The Morgan fingerprint density at radius 1 is 1.10 bits per heavy atom. The van der Waals surface area contributed by atoms with E-state index in [4.69, 9.17) is 11.6 Å². The van der Waals surface area contributed by atoms with Crippen LogP contribution in [0, 0.1) is 6.92 Å². The molecular weight excluding hydrogens is 410 g/mol. The molecule has 1 unspecified atom stereocenters. The lowest BCUT2D eigenvalue weighted by atomic mass is 10.0. The number of rotatable bonds is 6. The van der Waals surface area contributed by atoms with Gasteiger partial charge in [0.1, 0.15) is 0 Å². The van der Waals surface area contributed by atoms with Gasteiger partial charge in [0.15, 0.2) is 0 Å². The third-order valence-electron chi connectivity index (χ3n) is 5.36. The van der Waals surface area contributed by atoms with E-state index < -0.39 is 10.0 Å². The molecule has 2 aromatic rings.